The summed E-state index contributed by atoms with van der Waals surface area (Å²) in [5, 5.41) is 8.61. The maximum atomic E-state index is 8.61. The van der Waals surface area contributed by atoms with Crippen molar-refractivity contribution in [3.8, 4) is 17.6 Å². The third-order valence-electron chi connectivity index (χ3n) is 2.08. The lowest BCUT2D eigenvalue weighted by Gasteiger charge is -2.12. The van der Waals surface area contributed by atoms with Crippen LogP contribution in [0.1, 0.15) is 19.4 Å². The molecule has 0 amide bonds. The second-order valence-corrected chi connectivity index (χ2v) is 4.02. The molecule has 0 saturated heterocycles. The van der Waals surface area contributed by atoms with E-state index in [0.717, 1.165) is 11.3 Å². The smallest absolute Gasteiger partial charge is 0.161 e. The Balaban J connectivity index is 2.81. The van der Waals surface area contributed by atoms with E-state index in [4.69, 9.17) is 14.7 Å². The Morgan fingerprint density at radius 1 is 1.31 bits per heavy atom. The van der Waals surface area contributed by atoms with Crippen LogP contribution < -0.4 is 9.47 Å². The predicted octanol–water partition coefficient (Wildman–Crippen LogP) is 2.80. The standard InChI is InChI=1S/C13H17NO2/c1-10(2)9-16-12-5-4-11(6-7-14)8-13(12)15-3/h4-5,8,10H,6,9H2,1-3H3. The molecule has 0 saturated carbocycles. The zero-order valence-electron chi connectivity index (χ0n) is 9.99. The molecule has 0 atom stereocenters. The van der Waals surface area contributed by atoms with E-state index in [-0.39, 0.29) is 0 Å². The summed E-state index contributed by atoms with van der Waals surface area (Å²) in [4.78, 5) is 0. The number of ether oxygens (including phenoxy) is 2. The largest absolute Gasteiger partial charge is 0.493 e. The van der Waals surface area contributed by atoms with Gasteiger partial charge in [0.25, 0.3) is 0 Å². The van der Waals surface area contributed by atoms with Crippen LogP contribution in [0.3, 0.4) is 0 Å². The van der Waals surface area contributed by atoms with Gasteiger partial charge < -0.3 is 9.47 Å². The molecular formula is C13H17NO2. The molecule has 0 aliphatic heterocycles. The monoisotopic (exact) mass is 219 g/mol. The Hall–Kier alpha value is -1.69. The molecule has 0 aliphatic rings. The number of methoxy groups -OCH3 is 1. The van der Waals surface area contributed by atoms with Crippen molar-refractivity contribution in [1.82, 2.24) is 0 Å². The molecule has 0 aromatic heterocycles. The van der Waals surface area contributed by atoms with Crippen LogP contribution in [0, 0.1) is 17.2 Å². The van der Waals surface area contributed by atoms with Crippen LogP contribution in [0.4, 0.5) is 0 Å². The van der Waals surface area contributed by atoms with Gasteiger partial charge in [-0.15, -0.1) is 0 Å². The van der Waals surface area contributed by atoms with Crippen molar-refractivity contribution < 1.29 is 9.47 Å². The van der Waals surface area contributed by atoms with Gasteiger partial charge in [-0.3, -0.25) is 0 Å². The Bertz CT molecular complexity index is 380. The zero-order chi connectivity index (χ0) is 12.0. The van der Waals surface area contributed by atoms with E-state index in [9.17, 15) is 0 Å². The molecule has 0 unspecified atom stereocenters. The van der Waals surface area contributed by atoms with Gasteiger partial charge in [0.1, 0.15) is 0 Å². The lowest BCUT2D eigenvalue weighted by Crippen LogP contribution is -2.05. The number of nitrogens with zero attached hydrogens (tertiary/aromatic N) is 1. The summed E-state index contributed by atoms with van der Waals surface area (Å²) in [5.41, 5.74) is 0.941. The second kappa shape index (κ2) is 6.02. The fraction of sp³-hybridized carbons (Fsp3) is 0.462. The van der Waals surface area contributed by atoms with Crippen molar-refractivity contribution in [3.63, 3.8) is 0 Å². The average Bonchev–Trinajstić information content (AvgIpc) is 2.27. The van der Waals surface area contributed by atoms with Gasteiger partial charge in [-0.2, -0.15) is 5.26 Å². The highest BCUT2D eigenvalue weighted by molar-refractivity contribution is 5.43. The molecule has 86 valence electrons. The molecular weight excluding hydrogens is 202 g/mol. The maximum absolute atomic E-state index is 8.61. The fourth-order valence-corrected chi connectivity index (χ4v) is 1.29. The van der Waals surface area contributed by atoms with E-state index in [1.54, 1.807) is 7.11 Å². The normalized spacial score (nSPS) is 9.94. The Labute approximate surface area is 96.6 Å². The lowest BCUT2D eigenvalue weighted by atomic mass is 10.1. The summed E-state index contributed by atoms with van der Waals surface area (Å²) in [5.74, 6) is 1.90. The molecule has 0 N–H and O–H groups in total. The van der Waals surface area contributed by atoms with Crippen molar-refractivity contribution in [2.24, 2.45) is 5.92 Å². The molecule has 1 aromatic rings. The highest BCUT2D eigenvalue weighted by atomic mass is 16.5. The summed E-state index contributed by atoms with van der Waals surface area (Å²) < 4.78 is 10.8. The van der Waals surface area contributed by atoms with Crippen LogP contribution in [-0.2, 0) is 6.42 Å². The third kappa shape index (κ3) is 3.47. The zero-order valence-corrected chi connectivity index (χ0v) is 9.99. The van der Waals surface area contributed by atoms with Crippen LogP contribution in [0.25, 0.3) is 0 Å². The van der Waals surface area contributed by atoms with Gasteiger partial charge in [-0.1, -0.05) is 19.9 Å². The molecule has 0 spiro atoms. The molecule has 3 nitrogen and oxygen atoms in total. The van der Waals surface area contributed by atoms with E-state index in [2.05, 4.69) is 19.9 Å². The first-order chi connectivity index (χ1) is 7.67. The number of hydrogen-bond acceptors (Lipinski definition) is 3. The van der Waals surface area contributed by atoms with Crippen LogP contribution in [0.2, 0.25) is 0 Å². The number of benzene rings is 1. The summed E-state index contributed by atoms with van der Waals surface area (Å²) >= 11 is 0. The van der Waals surface area contributed by atoms with Gasteiger partial charge in [0.05, 0.1) is 26.2 Å². The highest BCUT2D eigenvalue weighted by Gasteiger charge is 2.06. The number of nitriles is 1. The van der Waals surface area contributed by atoms with Crippen LogP contribution in [0.15, 0.2) is 18.2 Å². The van der Waals surface area contributed by atoms with E-state index in [1.165, 1.54) is 0 Å². The van der Waals surface area contributed by atoms with E-state index in [1.807, 2.05) is 18.2 Å². The minimum absolute atomic E-state index is 0.390. The van der Waals surface area contributed by atoms with Crippen molar-refractivity contribution in [1.29, 1.82) is 5.26 Å². The Morgan fingerprint density at radius 2 is 2.06 bits per heavy atom. The summed E-state index contributed by atoms with van der Waals surface area (Å²) in [6.45, 7) is 4.85. The molecule has 1 aromatic carbocycles. The molecule has 0 fully saturated rings. The van der Waals surface area contributed by atoms with E-state index >= 15 is 0 Å². The van der Waals surface area contributed by atoms with Crippen LogP contribution >= 0.6 is 0 Å². The minimum Gasteiger partial charge on any atom is -0.493 e. The molecule has 16 heavy (non-hydrogen) atoms. The van der Waals surface area contributed by atoms with Crippen LogP contribution in [0.5, 0.6) is 11.5 Å². The average molecular weight is 219 g/mol. The quantitative estimate of drug-likeness (QED) is 0.764. The SMILES string of the molecule is COc1cc(CC#N)ccc1OCC(C)C. The first-order valence-electron chi connectivity index (χ1n) is 5.34. The molecule has 0 radical (unpaired) electrons. The van der Waals surface area contributed by atoms with Gasteiger partial charge in [0.2, 0.25) is 0 Å². The maximum Gasteiger partial charge on any atom is 0.161 e. The van der Waals surface area contributed by atoms with E-state index in [0.29, 0.717) is 24.7 Å². The lowest BCUT2D eigenvalue weighted by molar-refractivity contribution is 0.257. The van der Waals surface area contributed by atoms with E-state index < -0.39 is 0 Å². The molecule has 3 heteroatoms. The van der Waals surface area contributed by atoms with Gasteiger partial charge in [0.15, 0.2) is 11.5 Å². The highest BCUT2D eigenvalue weighted by Crippen LogP contribution is 2.28. The van der Waals surface area contributed by atoms with Crippen molar-refractivity contribution >= 4 is 0 Å². The number of hydrogen-bond donors (Lipinski definition) is 0. The van der Waals surface area contributed by atoms with Gasteiger partial charge in [-0.05, 0) is 23.6 Å². The predicted molar refractivity (Wildman–Crippen MR) is 62.6 cm³/mol. The molecule has 0 heterocycles. The third-order valence-corrected chi connectivity index (χ3v) is 2.08. The second-order valence-electron chi connectivity index (χ2n) is 4.02. The first kappa shape index (κ1) is 12.4. The van der Waals surface area contributed by atoms with Crippen molar-refractivity contribution in [3.05, 3.63) is 23.8 Å². The summed E-state index contributed by atoms with van der Waals surface area (Å²) in [7, 11) is 1.60. The Kier molecular flexibility index (Phi) is 4.65. The number of rotatable bonds is 5. The van der Waals surface area contributed by atoms with Crippen molar-refractivity contribution in [2.75, 3.05) is 13.7 Å². The minimum atomic E-state index is 0.390. The Morgan fingerprint density at radius 3 is 2.62 bits per heavy atom. The fourth-order valence-electron chi connectivity index (χ4n) is 1.29. The summed E-state index contributed by atoms with van der Waals surface area (Å²) in [6.07, 6.45) is 0.390. The first-order valence-corrected chi connectivity index (χ1v) is 5.34. The van der Waals surface area contributed by atoms with Crippen LogP contribution in [-0.4, -0.2) is 13.7 Å². The van der Waals surface area contributed by atoms with Gasteiger partial charge in [-0.25, -0.2) is 0 Å². The molecule has 0 bridgehead atoms. The van der Waals surface area contributed by atoms with Gasteiger partial charge in [0, 0.05) is 0 Å². The summed E-state index contributed by atoms with van der Waals surface area (Å²) in [6, 6.07) is 7.70. The molecule has 1 rings (SSSR count). The molecule has 0 aliphatic carbocycles. The topological polar surface area (TPSA) is 42.2 Å². The van der Waals surface area contributed by atoms with Gasteiger partial charge >= 0.3 is 0 Å². The van der Waals surface area contributed by atoms with Crippen molar-refractivity contribution in [2.45, 2.75) is 20.3 Å².